The number of hydrogen-bond acceptors (Lipinski definition) is 6. The largest absolute Gasteiger partial charge is 0.465 e. The summed E-state index contributed by atoms with van der Waals surface area (Å²) in [5.41, 5.74) is 5.05. The van der Waals surface area contributed by atoms with Crippen molar-refractivity contribution in [1.82, 2.24) is 4.98 Å². The van der Waals surface area contributed by atoms with E-state index in [0.717, 1.165) is 18.9 Å². The van der Waals surface area contributed by atoms with Gasteiger partial charge in [-0.3, -0.25) is 5.32 Å². The van der Waals surface area contributed by atoms with Crippen molar-refractivity contribution in [1.29, 1.82) is 0 Å². The van der Waals surface area contributed by atoms with Crippen molar-refractivity contribution in [2.75, 3.05) is 11.9 Å². The lowest BCUT2D eigenvalue weighted by molar-refractivity contribution is 0.114. The molecule has 0 unspecified atom stereocenters. The molecule has 0 saturated heterocycles. The van der Waals surface area contributed by atoms with Crippen LogP contribution < -0.4 is 15.8 Å². The highest BCUT2D eigenvalue weighted by Crippen LogP contribution is 2.62. The van der Waals surface area contributed by atoms with E-state index in [9.17, 15) is 13.6 Å². The number of nitrogens with zero attached hydrogens (tertiary/aromatic N) is 2. The number of aliphatic imine (C=N–C) groups is 1. The van der Waals surface area contributed by atoms with Crippen LogP contribution in [-0.2, 0) is 10.3 Å². The van der Waals surface area contributed by atoms with E-state index in [-0.39, 0.29) is 22.7 Å². The number of carbonyl (C=O) groups is 1. The predicted octanol–water partition coefficient (Wildman–Crippen LogP) is 3.31. The molecule has 1 amide bonds. The monoisotopic (exact) mass is 388 g/mol. The molecular formula is C19H18F2N4O3. The number of benzene rings is 1. The zero-order valence-corrected chi connectivity index (χ0v) is 15.0. The lowest BCUT2D eigenvalue weighted by atomic mass is 9.76. The van der Waals surface area contributed by atoms with Gasteiger partial charge in [-0.1, -0.05) is 0 Å². The van der Waals surface area contributed by atoms with Crippen LogP contribution in [0.25, 0.3) is 0 Å². The van der Waals surface area contributed by atoms with Crippen LogP contribution in [0.1, 0.15) is 25.3 Å². The molecule has 2 aromatic rings. The number of anilines is 1. The fourth-order valence-electron chi connectivity index (χ4n) is 3.51. The van der Waals surface area contributed by atoms with Gasteiger partial charge in [-0.15, -0.1) is 0 Å². The zero-order chi connectivity index (χ0) is 19.9. The predicted molar refractivity (Wildman–Crippen MR) is 96.8 cm³/mol. The fourth-order valence-corrected chi connectivity index (χ4v) is 3.51. The van der Waals surface area contributed by atoms with Gasteiger partial charge in [0.15, 0.2) is 5.82 Å². The van der Waals surface area contributed by atoms with Crippen molar-refractivity contribution < 1.29 is 23.0 Å². The lowest BCUT2D eigenvalue weighted by Crippen LogP contribution is -2.43. The number of amidine groups is 1. The van der Waals surface area contributed by atoms with Crippen LogP contribution in [-0.4, -0.2) is 23.7 Å². The molecule has 4 rings (SSSR count). The van der Waals surface area contributed by atoms with Gasteiger partial charge in [0.1, 0.15) is 11.4 Å². The van der Waals surface area contributed by atoms with Crippen LogP contribution in [0, 0.1) is 17.0 Å². The van der Waals surface area contributed by atoms with E-state index in [1.165, 1.54) is 30.5 Å². The number of amides is 1. The van der Waals surface area contributed by atoms with Gasteiger partial charge in [-0.05, 0) is 50.1 Å². The normalized spacial score (nSPS) is 22.2. The molecule has 2 aliphatic rings. The molecule has 0 bridgehead atoms. The van der Waals surface area contributed by atoms with Gasteiger partial charge < -0.3 is 15.2 Å². The first kappa shape index (κ1) is 18.1. The first-order chi connectivity index (χ1) is 13.3. The van der Waals surface area contributed by atoms with Gasteiger partial charge in [-0.2, -0.15) is 0 Å². The van der Waals surface area contributed by atoms with Crippen molar-refractivity contribution in [3.05, 3.63) is 53.7 Å². The Kier molecular flexibility index (Phi) is 4.17. The van der Waals surface area contributed by atoms with Crippen LogP contribution in [0.3, 0.4) is 0 Å². The highest BCUT2D eigenvalue weighted by atomic mass is 19.1. The molecule has 28 heavy (non-hydrogen) atoms. The van der Waals surface area contributed by atoms with E-state index in [1.54, 1.807) is 6.92 Å². The second-order valence-corrected chi connectivity index (χ2v) is 7.09. The zero-order valence-electron chi connectivity index (χ0n) is 15.0. The standard InChI is InChI=1S/C19H18F2N4O3/c1-18(19(6-7-19)10-27-16(22)25-18)12-9-11(4-5-13(12)20)24-17(26)28-15-14(21)3-2-8-23-15/h2-5,8-9H,6-7,10H2,1H3,(H2,22,25)(H,24,26)/t18-/m1/s1. The molecule has 0 radical (unpaired) electrons. The van der Waals surface area contributed by atoms with Gasteiger partial charge in [0.2, 0.25) is 0 Å². The Morgan fingerprint density at radius 1 is 1.29 bits per heavy atom. The summed E-state index contributed by atoms with van der Waals surface area (Å²) in [4.78, 5) is 20.1. The molecule has 1 fully saturated rings. The molecule has 1 aliphatic carbocycles. The van der Waals surface area contributed by atoms with E-state index in [0.29, 0.717) is 6.61 Å². The molecule has 1 aliphatic heterocycles. The van der Waals surface area contributed by atoms with Crippen LogP contribution >= 0.6 is 0 Å². The Morgan fingerprint density at radius 3 is 2.79 bits per heavy atom. The Bertz CT molecular complexity index is 977. The topological polar surface area (TPSA) is 98.8 Å². The van der Waals surface area contributed by atoms with Crippen molar-refractivity contribution in [2.24, 2.45) is 16.1 Å². The maximum atomic E-state index is 14.7. The molecular weight excluding hydrogens is 370 g/mol. The Morgan fingerprint density at radius 2 is 2.07 bits per heavy atom. The first-order valence-electron chi connectivity index (χ1n) is 8.70. The number of carbonyl (C=O) groups excluding carboxylic acids is 1. The Balaban J connectivity index is 1.60. The van der Waals surface area contributed by atoms with Gasteiger partial charge in [-0.25, -0.2) is 23.6 Å². The van der Waals surface area contributed by atoms with Crippen LogP contribution in [0.2, 0.25) is 0 Å². The number of ether oxygens (including phenoxy) is 2. The molecule has 1 spiro atoms. The third-order valence-electron chi connectivity index (χ3n) is 5.37. The maximum absolute atomic E-state index is 14.7. The summed E-state index contributed by atoms with van der Waals surface area (Å²) in [6.07, 6.45) is 2.01. The fraction of sp³-hybridized carbons (Fsp3) is 0.316. The van der Waals surface area contributed by atoms with Crippen molar-refractivity contribution in [2.45, 2.75) is 25.3 Å². The first-order valence-corrected chi connectivity index (χ1v) is 8.70. The molecule has 9 heteroatoms. The van der Waals surface area contributed by atoms with Gasteiger partial charge >= 0.3 is 6.09 Å². The lowest BCUT2D eigenvalue weighted by Gasteiger charge is -2.38. The maximum Gasteiger partial charge on any atom is 0.418 e. The van der Waals surface area contributed by atoms with Crippen molar-refractivity contribution in [3.63, 3.8) is 0 Å². The number of hydrogen-bond donors (Lipinski definition) is 2. The van der Waals surface area contributed by atoms with Gasteiger partial charge in [0.05, 0.1) is 6.61 Å². The average Bonchev–Trinajstić information content (AvgIpc) is 3.44. The van der Waals surface area contributed by atoms with E-state index in [4.69, 9.17) is 15.2 Å². The van der Waals surface area contributed by atoms with Crippen molar-refractivity contribution >= 4 is 17.8 Å². The second-order valence-electron chi connectivity index (χ2n) is 7.09. The summed E-state index contributed by atoms with van der Waals surface area (Å²) < 4.78 is 38.5. The molecule has 3 N–H and O–H groups in total. The van der Waals surface area contributed by atoms with Crippen LogP contribution in [0.5, 0.6) is 5.88 Å². The summed E-state index contributed by atoms with van der Waals surface area (Å²) in [5, 5.41) is 2.46. The molecule has 146 valence electrons. The number of pyridine rings is 1. The second kappa shape index (κ2) is 6.43. The van der Waals surface area contributed by atoms with Crippen LogP contribution in [0.15, 0.2) is 41.5 Å². The molecule has 7 nitrogen and oxygen atoms in total. The SMILES string of the molecule is C[C@]1(c2cc(NC(=O)Oc3ncccc3F)ccc2F)N=C(N)OCC12CC2. The number of halogens is 2. The summed E-state index contributed by atoms with van der Waals surface area (Å²) in [7, 11) is 0. The van der Waals surface area contributed by atoms with Gasteiger partial charge in [0, 0.05) is 22.9 Å². The molecule has 1 aromatic carbocycles. The quantitative estimate of drug-likeness (QED) is 0.841. The summed E-state index contributed by atoms with van der Waals surface area (Å²) >= 11 is 0. The summed E-state index contributed by atoms with van der Waals surface area (Å²) in [5.74, 6) is -1.69. The summed E-state index contributed by atoms with van der Waals surface area (Å²) in [6, 6.07) is 6.59. The van der Waals surface area contributed by atoms with Crippen molar-refractivity contribution in [3.8, 4) is 5.88 Å². The van der Waals surface area contributed by atoms with E-state index in [2.05, 4.69) is 15.3 Å². The van der Waals surface area contributed by atoms with E-state index >= 15 is 0 Å². The minimum atomic E-state index is -0.948. The minimum absolute atomic E-state index is 0.00261. The highest BCUT2D eigenvalue weighted by Gasteiger charge is 2.61. The number of nitrogens with one attached hydrogen (secondary N) is 1. The smallest absolute Gasteiger partial charge is 0.418 e. The Hall–Kier alpha value is -3.23. The van der Waals surface area contributed by atoms with Crippen LogP contribution in [0.4, 0.5) is 19.3 Å². The molecule has 1 aromatic heterocycles. The highest BCUT2D eigenvalue weighted by molar-refractivity contribution is 5.86. The van der Waals surface area contributed by atoms with E-state index in [1.807, 2.05) is 0 Å². The number of rotatable bonds is 3. The number of aromatic nitrogens is 1. The molecule has 1 atom stereocenters. The van der Waals surface area contributed by atoms with Gasteiger partial charge in [0.25, 0.3) is 11.9 Å². The number of nitrogens with two attached hydrogens (primary N) is 1. The third kappa shape index (κ3) is 3.02. The van der Waals surface area contributed by atoms with E-state index < -0.39 is 29.1 Å². The molecule has 2 heterocycles. The minimum Gasteiger partial charge on any atom is -0.465 e. The Labute approximate surface area is 159 Å². The third-order valence-corrected chi connectivity index (χ3v) is 5.37. The average molecular weight is 388 g/mol. The molecule has 1 saturated carbocycles. The summed E-state index contributed by atoms with van der Waals surface area (Å²) in [6.45, 7) is 2.16.